The quantitative estimate of drug-likeness (QED) is 0.821. The lowest BCUT2D eigenvalue weighted by Gasteiger charge is -2.14. The SMILES string of the molecule is CCN[C@H](C)CNC(=O)c1cncc(-c2ccc(N(C)C)cc2)c1. The molecule has 0 aliphatic carbocycles. The molecule has 1 atom stereocenters. The summed E-state index contributed by atoms with van der Waals surface area (Å²) in [7, 11) is 4.02. The van der Waals surface area contributed by atoms with Gasteiger partial charge in [0, 0.05) is 50.3 Å². The van der Waals surface area contributed by atoms with E-state index in [-0.39, 0.29) is 11.9 Å². The maximum atomic E-state index is 12.3. The highest BCUT2D eigenvalue weighted by atomic mass is 16.1. The van der Waals surface area contributed by atoms with E-state index in [0.717, 1.165) is 23.4 Å². The van der Waals surface area contributed by atoms with Gasteiger partial charge in [-0.3, -0.25) is 9.78 Å². The number of amides is 1. The molecule has 2 rings (SSSR count). The van der Waals surface area contributed by atoms with Gasteiger partial charge in [-0.1, -0.05) is 19.1 Å². The Morgan fingerprint density at radius 2 is 1.88 bits per heavy atom. The van der Waals surface area contributed by atoms with Crippen molar-refractivity contribution in [2.24, 2.45) is 0 Å². The molecule has 1 aromatic carbocycles. The Hall–Kier alpha value is -2.40. The van der Waals surface area contributed by atoms with E-state index in [2.05, 4.69) is 32.7 Å². The topological polar surface area (TPSA) is 57.3 Å². The maximum absolute atomic E-state index is 12.3. The Bertz CT molecular complexity index is 667. The molecule has 0 radical (unpaired) electrons. The van der Waals surface area contributed by atoms with Crippen molar-refractivity contribution in [2.75, 3.05) is 32.1 Å². The molecule has 5 nitrogen and oxygen atoms in total. The smallest absolute Gasteiger partial charge is 0.252 e. The van der Waals surface area contributed by atoms with Crippen LogP contribution in [0.4, 0.5) is 5.69 Å². The van der Waals surface area contributed by atoms with Crippen LogP contribution in [0.15, 0.2) is 42.7 Å². The number of likely N-dealkylation sites (N-methyl/N-ethyl adjacent to an activating group) is 1. The summed E-state index contributed by atoms with van der Waals surface area (Å²) in [6.07, 6.45) is 3.38. The lowest BCUT2D eigenvalue weighted by molar-refractivity contribution is 0.0950. The molecule has 0 aliphatic rings. The van der Waals surface area contributed by atoms with Gasteiger partial charge < -0.3 is 15.5 Å². The van der Waals surface area contributed by atoms with Crippen molar-refractivity contribution in [2.45, 2.75) is 19.9 Å². The Morgan fingerprint density at radius 1 is 1.17 bits per heavy atom. The fraction of sp³-hybridized carbons (Fsp3) is 0.368. The van der Waals surface area contributed by atoms with Crippen LogP contribution in [0.1, 0.15) is 24.2 Å². The normalized spacial score (nSPS) is 11.8. The van der Waals surface area contributed by atoms with Gasteiger partial charge in [-0.25, -0.2) is 0 Å². The average Bonchev–Trinajstić information content (AvgIpc) is 2.60. The number of carbonyl (C=O) groups is 1. The van der Waals surface area contributed by atoms with Gasteiger partial charge in [-0.15, -0.1) is 0 Å². The molecule has 0 aliphatic heterocycles. The number of pyridine rings is 1. The minimum Gasteiger partial charge on any atom is -0.378 e. The lowest BCUT2D eigenvalue weighted by atomic mass is 10.1. The van der Waals surface area contributed by atoms with Crippen molar-refractivity contribution in [3.05, 3.63) is 48.3 Å². The van der Waals surface area contributed by atoms with Crippen LogP contribution in [0.3, 0.4) is 0 Å². The number of carbonyl (C=O) groups excluding carboxylic acids is 1. The summed E-state index contributed by atoms with van der Waals surface area (Å²) >= 11 is 0. The summed E-state index contributed by atoms with van der Waals surface area (Å²) in [6.45, 7) is 5.57. The number of hydrogen-bond acceptors (Lipinski definition) is 4. The van der Waals surface area contributed by atoms with E-state index in [0.29, 0.717) is 12.1 Å². The molecule has 1 aromatic heterocycles. The Balaban J connectivity index is 2.09. The Labute approximate surface area is 144 Å². The van der Waals surface area contributed by atoms with Crippen LogP contribution in [0.2, 0.25) is 0 Å². The highest BCUT2D eigenvalue weighted by Crippen LogP contribution is 2.22. The molecule has 2 N–H and O–H groups in total. The predicted octanol–water partition coefficient (Wildman–Crippen LogP) is 2.54. The van der Waals surface area contributed by atoms with Crippen LogP contribution in [0, 0.1) is 0 Å². The number of aromatic nitrogens is 1. The summed E-state index contributed by atoms with van der Waals surface area (Å²) < 4.78 is 0. The van der Waals surface area contributed by atoms with Crippen molar-refractivity contribution in [1.82, 2.24) is 15.6 Å². The largest absolute Gasteiger partial charge is 0.378 e. The second kappa shape index (κ2) is 8.45. The molecule has 0 bridgehead atoms. The first kappa shape index (κ1) is 17.9. The van der Waals surface area contributed by atoms with E-state index in [4.69, 9.17) is 0 Å². The van der Waals surface area contributed by atoms with E-state index >= 15 is 0 Å². The van der Waals surface area contributed by atoms with Gasteiger partial charge in [-0.05, 0) is 37.2 Å². The van der Waals surface area contributed by atoms with Gasteiger partial charge in [-0.2, -0.15) is 0 Å². The lowest BCUT2D eigenvalue weighted by Crippen LogP contribution is -2.38. The van der Waals surface area contributed by atoms with Crippen LogP contribution in [-0.4, -0.2) is 44.1 Å². The van der Waals surface area contributed by atoms with Crippen LogP contribution >= 0.6 is 0 Å². The molecule has 24 heavy (non-hydrogen) atoms. The van der Waals surface area contributed by atoms with Gasteiger partial charge in [0.05, 0.1) is 5.56 Å². The third kappa shape index (κ3) is 4.80. The third-order valence-corrected chi connectivity index (χ3v) is 3.84. The second-order valence-corrected chi connectivity index (χ2v) is 6.07. The Morgan fingerprint density at radius 3 is 2.50 bits per heavy atom. The van der Waals surface area contributed by atoms with Gasteiger partial charge in [0.1, 0.15) is 0 Å². The minimum absolute atomic E-state index is 0.0981. The van der Waals surface area contributed by atoms with E-state index in [1.54, 1.807) is 12.4 Å². The van der Waals surface area contributed by atoms with E-state index in [9.17, 15) is 4.79 Å². The first-order valence-electron chi connectivity index (χ1n) is 8.25. The van der Waals surface area contributed by atoms with Crippen molar-refractivity contribution < 1.29 is 4.79 Å². The van der Waals surface area contributed by atoms with Gasteiger partial charge in [0.25, 0.3) is 5.91 Å². The predicted molar refractivity (Wildman–Crippen MR) is 99.5 cm³/mol. The van der Waals surface area contributed by atoms with E-state index < -0.39 is 0 Å². The van der Waals surface area contributed by atoms with Crippen LogP contribution < -0.4 is 15.5 Å². The molecule has 0 saturated carbocycles. The van der Waals surface area contributed by atoms with Crippen LogP contribution in [0.25, 0.3) is 11.1 Å². The monoisotopic (exact) mass is 326 g/mol. The van der Waals surface area contributed by atoms with Crippen LogP contribution in [-0.2, 0) is 0 Å². The Kier molecular flexibility index (Phi) is 6.32. The third-order valence-electron chi connectivity index (χ3n) is 3.84. The standard InChI is InChI=1S/C19H26N4O/c1-5-21-14(2)11-22-19(24)17-10-16(12-20-13-17)15-6-8-18(9-7-15)23(3)4/h6-10,12-14,21H,5,11H2,1-4H3,(H,22,24)/t14-/m1/s1. The first-order chi connectivity index (χ1) is 11.5. The summed E-state index contributed by atoms with van der Waals surface area (Å²) in [6, 6.07) is 10.3. The average molecular weight is 326 g/mol. The summed E-state index contributed by atoms with van der Waals surface area (Å²) in [5, 5.41) is 6.21. The number of hydrogen-bond donors (Lipinski definition) is 2. The highest BCUT2D eigenvalue weighted by molar-refractivity contribution is 5.95. The minimum atomic E-state index is -0.0981. The van der Waals surface area contributed by atoms with Gasteiger partial charge in [0.15, 0.2) is 0 Å². The molecule has 0 unspecified atom stereocenters. The number of anilines is 1. The molecule has 1 amide bonds. The molecule has 128 valence electrons. The number of benzene rings is 1. The van der Waals surface area contributed by atoms with Crippen molar-refractivity contribution in [1.29, 1.82) is 0 Å². The van der Waals surface area contributed by atoms with Crippen molar-refractivity contribution in [3.63, 3.8) is 0 Å². The zero-order valence-corrected chi connectivity index (χ0v) is 14.8. The number of rotatable bonds is 7. The van der Waals surface area contributed by atoms with Gasteiger partial charge in [0.2, 0.25) is 0 Å². The molecule has 5 heteroatoms. The molecule has 2 aromatic rings. The summed E-state index contributed by atoms with van der Waals surface area (Å²) in [4.78, 5) is 18.6. The molecular formula is C19H26N4O. The fourth-order valence-electron chi connectivity index (χ4n) is 2.44. The second-order valence-electron chi connectivity index (χ2n) is 6.07. The van der Waals surface area contributed by atoms with Gasteiger partial charge >= 0.3 is 0 Å². The van der Waals surface area contributed by atoms with Crippen molar-refractivity contribution >= 4 is 11.6 Å². The van der Waals surface area contributed by atoms with Crippen LogP contribution in [0.5, 0.6) is 0 Å². The number of nitrogens with one attached hydrogen (secondary N) is 2. The zero-order valence-electron chi connectivity index (χ0n) is 14.8. The molecule has 0 fully saturated rings. The number of nitrogens with zero attached hydrogens (tertiary/aromatic N) is 2. The van der Waals surface area contributed by atoms with E-state index in [1.807, 2.05) is 46.1 Å². The molecule has 0 spiro atoms. The van der Waals surface area contributed by atoms with Crippen molar-refractivity contribution in [3.8, 4) is 11.1 Å². The summed E-state index contributed by atoms with van der Waals surface area (Å²) in [5.41, 5.74) is 3.70. The van der Waals surface area contributed by atoms with E-state index in [1.165, 1.54) is 0 Å². The highest BCUT2D eigenvalue weighted by Gasteiger charge is 2.09. The maximum Gasteiger partial charge on any atom is 0.252 e. The zero-order chi connectivity index (χ0) is 17.5. The first-order valence-corrected chi connectivity index (χ1v) is 8.25. The molecular weight excluding hydrogens is 300 g/mol. The fourth-order valence-corrected chi connectivity index (χ4v) is 2.44. The summed E-state index contributed by atoms with van der Waals surface area (Å²) in [5.74, 6) is -0.0981. The molecule has 1 heterocycles. The molecule has 0 saturated heterocycles.